The lowest BCUT2D eigenvalue weighted by molar-refractivity contribution is -0.385. The molecule has 4 nitrogen and oxygen atoms in total. The molecule has 0 aliphatic heterocycles. The Morgan fingerprint density at radius 3 is 2.86 bits per heavy atom. The molecule has 0 radical (unpaired) electrons. The Hall–Kier alpha value is -1.62. The first-order chi connectivity index (χ1) is 6.59. The van der Waals surface area contributed by atoms with Gasteiger partial charge in [0.15, 0.2) is 5.75 Å². The molecule has 0 saturated heterocycles. The molecule has 1 N–H and O–H groups in total. The van der Waals surface area contributed by atoms with Gasteiger partial charge in [0.1, 0.15) is 0 Å². The van der Waals surface area contributed by atoms with Crippen LogP contribution in [-0.2, 0) is 0 Å². The van der Waals surface area contributed by atoms with E-state index in [0.29, 0.717) is 0 Å². The third-order valence-corrected chi connectivity index (χ3v) is 3.12. The van der Waals surface area contributed by atoms with Crippen molar-refractivity contribution in [2.45, 2.75) is 6.92 Å². The van der Waals surface area contributed by atoms with E-state index in [2.05, 4.69) is 0 Å². The third-order valence-electron chi connectivity index (χ3n) is 2.06. The summed E-state index contributed by atoms with van der Waals surface area (Å²) in [5, 5.41) is 22.7. The first-order valence-corrected chi connectivity index (χ1v) is 4.83. The van der Waals surface area contributed by atoms with Crippen LogP contribution in [0.15, 0.2) is 17.5 Å². The highest BCUT2D eigenvalue weighted by Crippen LogP contribution is 2.35. The maximum atomic E-state index is 10.5. The second kappa shape index (κ2) is 2.95. The van der Waals surface area contributed by atoms with Crippen molar-refractivity contribution in [3.05, 3.63) is 33.2 Å². The molecule has 0 amide bonds. The first-order valence-electron chi connectivity index (χ1n) is 3.95. The highest BCUT2D eigenvalue weighted by Gasteiger charge is 2.15. The molecule has 2 rings (SSSR count). The number of aryl methyl sites for hydroxylation is 1. The summed E-state index contributed by atoms with van der Waals surface area (Å²) >= 11 is 1.44. The maximum Gasteiger partial charge on any atom is 0.312 e. The molecule has 1 aromatic carbocycles. The Bertz CT molecular complexity index is 518. The van der Waals surface area contributed by atoms with Crippen molar-refractivity contribution in [1.29, 1.82) is 0 Å². The summed E-state index contributed by atoms with van der Waals surface area (Å²) < 4.78 is 0.826. The number of hydrogen-bond acceptors (Lipinski definition) is 4. The lowest BCUT2D eigenvalue weighted by atomic mass is 10.2. The maximum absolute atomic E-state index is 10.5. The Labute approximate surface area is 83.6 Å². The zero-order valence-electron chi connectivity index (χ0n) is 7.35. The van der Waals surface area contributed by atoms with E-state index in [1.165, 1.54) is 23.5 Å². The summed E-state index contributed by atoms with van der Waals surface area (Å²) in [7, 11) is 0. The van der Waals surface area contributed by atoms with E-state index in [0.717, 1.165) is 15.6 Å². The average molecular weight is 209 g/mol. The first kappa shape index (κ1) is 8.96. The summed E-state index contributed by atoms with van der Waals surface area (Å²) in [6, 6.07) is 2.85. The molecule has 0 bridgehead atoms. The molecular weight excluding hydrogens is 202 g/mol. The molecule has 72 valence electrons. The predicted molar refractivity (Wildman–Crippen MR) is 54.9 cm³/mol. The Kier molecular flexibility index (Phi) is 1.89. The highest BCUT2D eigenvalue weighted by atomic mass is 32.1. The third kappa shape index (κ3) is 1.22. The minimum atomic E-state index is -0.580. The largest absolute Gasteiger partial charge is 0.502 e. The van der Waals surface area contributed by atoms with Gasteiger partial charge in [0.2, 0.25) is 0 Å². The molecule has 0 unspecified atom stereocenters. The number of phenolic OH excluding ortho intramolecular Hbond substituents is 1. The molecule has 0 atom stereocenters. The molecule has 5 heteroatoms. The smallest absolute Gasteiger partial charge is 0.312 e. The lowest BCUT2D eigenvalue weighted by Crippen LogP contribution is -1.87. The number of rotatable bonds is 1. The minimum Gasteiger partial charge on any atom is -0.502 e. The van der Waals surface area contributed by atoms with Gasteiger partial charge < -0.3 is 5.11 Å². The standard InChI is InChI=1S/C9H7NO3S/c1-5-4-14-9-3-7(10(12)13)8(11)2-6(5)9/h2-4,11H,1H3. The molecule has 1 heterocycles. The molecule has 1 aromatic heterocycles. The fourth-order valence-corrected chi connectivity index (χ4v) is 2.28. The van der Waals surface area contributed by atoms with Crippen LogP contribution in [0, 0.1) is 17.0 Å². The summed E-state index contributed by atoms with van der Waals surface area (Å²) in [5.74, 6) is -0.274. The van der Waals surface area contributed by atoms with Crippen molar-refractivity contribution >= 4 is 27.1 Å². The quantitative estimate of drug-likeness (QED) is 0.580. The number of thiophene rings is 1. The number of nitro benzene ring substituents is 1. The van der Waals surface area contributed by atoms with Crippen LogP contribution >= 0.6 is 11.3 Å². The van der Waals surface area contributed by atoms with Gasteiger partial charge in [-0.05, 0) is 29.3 Å². The molecule has 0 aliphatic carbocycles. The molecular formula is C9H7NO3S. The van der Waals surface area contributed by atoms with E-state index in [4.69, 9.17) is 0 Å². The number of aromatic hydroxyl groups is 1. The number of hydrogen-bond donors (Lipinski definition) is 1. The van der Waals surface area contributed by atoms with Gasteiger partial charge in [0, 0.05) is 10.8 Å². The van der Waals surface area contributed by atoms with E-state index in [1.54, 1.807) is 0 Å². The van der Waals surface area contributed by atoms with Crippen LogP contribution in [-0.4, -0.2) is 10.0 Å². The number of nitrogens with zero attached hydrogens (tertiary/aromatic N) is 1. The Balaban J connectivity index is 2.79. The van der Waals surface area contributed by atoms with Crippen LogP contribution < -0.4 is 0 Å². The van der Waals surface area contributed by atoms with Crippen LogP contribution in [0.2, 0.25) is 0 Å². The van der Waals surface area contributed by atoms with Gasteiger partial charge in [-0.25, -0.2) is 0 Å². The number of phenols is 1. The van der Waals surface area contributed by atoms with Gasteiger partial charge in [-0.15, -0.1) is 11.3 Å². The van der Waals surface area contributed by atoms with E-state index < -0.39 is 4.92 Å². The monoisotopic (exact) mass is 209 g/mol. The SMILES string of the molecule is Cc1csc2cc([N+](=O)[O-])c(O)cc12. The topological polar surface area (TPSA) is 63.4 Å². The molecule has 2 aromatic rings. The Morgan fingerprint density at radius 2 is 2.21 bits per heavy atom. The fraction of sp³-hybridized carbons (Fsp3) is 0.111. The van der Waals surface area contributed by atoms with Crippen molar-refractivity contribution in [3.8, 4) is 5.75 Å². The fourth-order valence-electron chi connectivity index (χ4n) is 1.32. The summed E-state index contributed by atoms with van der Waals surface area (Å²) in [6.07, 6.45) is 0. The molecule has 0 aliphatic rings. The molecule has 14 heavy (non-hydrogen) atoms. The van der Waals surface area contributed by atoms with E-state index >= 15 is 0 Å². The van der Waals surface area contributed by atoms with Gasteiger partial charge in [-0.3, -0.25) is 10.1 Å². The van der Waals surface area contributed by atoms with E-state index in [9.17, 15) is 15.2 Å². The van der Waals surface area contributed by atoms with Gasteiger partial charge in [0.25, 0.3) is 0 Å². The van der Waals surface area contributed by atoms with Gasteiger partial charge in [-0.2, -0.15) is 0 Å². The van der Waals surface area contributed by atoms with E-state index in [-0.39, 0.29) is 11.4 Å². The van der Waals surface area contributed by atoms with Crippen molar-refractivity contribution in [3.63, 3.8) is 0 Å². The second-order valence-corrected chi connectivity index (χ2v) is 3.92. The van der Waals surface area contributed by atoms with Gasteiger partial charge >= 0.3 is 5.69 Å². The van der Waals surface area contributed by atoms with Gasteiger partial charge in [-0.1, -0.05) is 0 Å². The summed E-state index contributed by atoms with van der Waals surface area (Å²) in [6.45, 7) is 1.91. The normalized spacial score (nSPS) is 10.6. The van der Waals surface area contributed by atoms with Crippen LogP contribution in [0.25, 0.3) is 10.1 Å². The van der Waals surface area contributed by atoms with E-state index in [1.807, 2.05) is 12.3 Å². The number of nitro groups is 1. The Morgan fingerprint density at radius 1 is 1.50 bits per heavy atom. The molecule has 0 spiro atoms. The second-order valence-electron chi connectivity index (χ2n) is 3.01. The van der Waals surface area contributed by atoms with Crippen LogP contribution in [0.4, 0.5) is 5.69 Å². The lowest BCUT2D eigenvalue weighted by Gasteiger charge is -1.96. The molecule has 0 fully saturated rings. The van der Waals surface area contributed by atoms with Crippen molar-refractivity contribution in [1.82, 2.24) is 0 Å². The number of benzene rings is 1. The zero-order valence-corrected chi connectivity index (χ0v) is 8.17. The van der Waals surface area contributed by atoms with Crippen LogP contribution in [0.3, 0.4) is 0 Å². The predicted octanol–water partition coefficient (Wildman–Crippen LogP) is 2.82. The van der Waals surface area contributed by atoms with Crippen molar-refractivity contribution < 1.29 is 10.0 Å². The summed E-state index contributed by atoms with van der Waals surface area (Å²) in [4.78, 5) is 9.94. The molecule has 0 saturated carbocycles. The van der Waals surface area contributed by atoms with Crippen molar-refractivity contribution in [2.75, 3.05) is 0 Å². The van der Waals surface area contributed by atoms with Crippen LogP contribution in [0.5, 0.6) is 5.75 Å². The van der Waals surface area contributed by atoms with Gasteiger partial charge in [0.05, 0.1) is 4.92 Å². The van der Waals surface area contributed by atoms with Crippen LogP contribution in [0.1, 0.15) is 5.56 Å². The van der Waals surface area contributed by atoms with Crippen molar-refractivity contribution in [2.24, 2.45) is 0 Å². The highest BCUT2D eigenvalue weighted by molar-refractivity contribution is 7.17. The number of fused-ring (bicyclic) bond motifs is 1. The average Bonchev–Trinajstić information content (AvgIpc) is 2.46. The summed E-state index contributed by atoms with van der Waals surface area (Å²) in [5.41, 5.74) is 0.787. The minimum absolute atomic E-state index is 0.237. The zero-order chi connectivity index (χ0) is 10.3.